The van der Waals surface area contributed by atoms with Crippen LogP contribution in [-0.4, -0.2) is 51.4 Å². The largest absolute Gasteiger partial charge is 0.493 e. The van der Waals surface area contributed by atoms with E-state index in [-0.39, 0.29) is 5.91 Å². The molecule has 1 amide bonds. The van der Waals surface area contributed by atoms with Crippen molar-refractivity contribution in [3.63, 3.8) is 0 Å². The molecule has 0 spiro atoms. The third kappa shape index (κ3) is 5.96. The molecule has 2 N–H and O–H groups in total. The van der Waals surface area contributed by atoms with Gasteiger partial charge < -0.3 is 34.3 Å². The van der Waals surface area contributed by atoms with Gasteiger partial charge in [0.05, 0.1) is 41.2 Å². The van der Waals surface area contributed by atoms with Gasteiger partial charge in [-0.05, 0) is 61.0 Å². The summed E-state index contributed by atoms with van der Waals surface area (Å²) in [6, 6.07) is 16.1. The van der Waals surface area contributed by atoms with Crippen molar-refractivity contribution in [3.05, 3.63) is 71.9 Å². The first kappa shape index (κ1) is 27.1. The molecule has 0 fully saturated rings. The van der Waals surface area contributed by atoms with Crippen LogP contribution in [0.2, 0.25) is 0 Å². The molecule has 0 atom stereocenters. The summed E-state index contributed by atoms with van der Waals surface area (Å²) in [5.74, 6) is 2.49. The number of methoxy groups -OCH3 is 5. The molecule has 0 aliphatic carbocycles. The number of nitrogens with one attached hydrogen (secondary N) is 2. The third-order valence-electron chi connectivity index (χ3n) is 6.00. The van der Waals surface area contributed by atoms with Crippen molar-refractivity contribution in [1.29, 1.82) is 0 Å². The van der Waals surface area contributed by atoms with Gasteiger partial charge in [-0.25, -0.2) is 9.97 Å². The van der Waals surface area contributed by atoms with Crippen LogP contribution < -0.4 is 34.3 Å². The number of hydrogen-bond acceptors (Lipinski definition) is 9. The van der Waals surface area contributed by atoms with Crippen LogP contribution >= 0.6 is 0 Å². The van der Waals surface area contributed by atoms with E-state index in [1.165, 1.54) is 21.3 Å². The Balaban J connectivity index is 1.57. The third-order valence-corrected chi connectivity index (χ3v) is 6.00. The second-order valence-electron chi connectivity index (χ2n) is 8.36. The Morgan fingerprint density at radius 2 is 1.44 bits per heavy atom. The molecule has 4 rings (SSSR count). The van der Waals surface area contributed by atoms with Crippen molar-refractivity contribution < 1.29 is 28.5 Å². The van der Waals surface area contributed by atoms with Gasteiger partial charge >= 0.3 is 0 Å². The number of hydrogen-bond donors (Lipinski definition) is 2. The van der Waals surface area contributed by atoms with E-state index in [1.54, 1.807) is 32.5 Å². The first-order valence-electron chi connectivity index (χ1n) is 11.9. The normalized spacial score (nSPS) is 10.4. The second kappa shape index (κ2) is 12.0. The molecule has 202 valence electrons. The summed E-state index contributed by atoms with van der Waals surface area (Å²) in [5, 5.41) is 6.17. The van der Waals surface area contributed by atoms with E-state index in [0.717, 1.165) is 16.8 Å². The molecule has 10 nitrogen and oxygen atoms in total. The minimum absolute atomic E-state index is 0.337. The van der Waals surface area contributed by atoms with Crippen molar-refractivity contribution in [2.45, 2.75) is 6.92 Å². The van der Waals surface area contributed by atoms with Crippen molar-refractivity contribution in [2.24, 2.45) is 0 Å². The Hall–Kier alpha value is -4.99. The Labute approximate surface area is 226 Å². The van der Waals surface area contributed by atoms with Gasteiger partial charge in [-0.3, -0.25) is 4.79 Å². The van der Waals surface area contributed by atoms with E-state index in [1.807, 2.05) is 49.4 Å². The number of ether oxygens (including phenoxy) is 5. The van der Waals surface area contributed by atoms with Gasteiger partial charge in [-0.1, -0.05) is 6.07 Å². The van der Waals surface area contributed by atoms with Gasteiger partial charge in [0.25, 0.3) is 5.91 Å². The van der Waals surface area contributed by atoms with Crippen LogP contribution in [0.4, 0.5) is 17.3 Å². The van der Waals surface area contributed by atoms with Crippen LogP contribution in [0.5, 0.6) is 28.7 Å². The molecule has 0 aliphatic rings. The van der Waals surface area contributed by atoms with Crippen LogP contribution in [-0.2, 0) is 0 Å². The molecule has 10 heteroatoms. The lowest BCUT2D eigenvalue weighted by Crippen LogP contribution is -2.13. The molecule has 4 aromatic rings. The fraction of sp³-hybridized carbons (Fsp3) is 0.207. The molecular weight excluding hydrogens is 500 g/mol. The van der Waals surface area contributed by atoms with Crippen molar-refractivity contribution in [1.82, 2.24) is 9.97 Å². The molecular formula is C29H30N4O6. The fourth-order valence-corrected chi connectivity index (χ4v) is 3.95. The first-order chi connectivity index (χ1) is 18.9. The Morgan fingerprint density at radius 3 is 2.08 bits per heavy atom. The quantitative estimate of drug-likeness (QED) is 0.275. The molecule has 1 aromatic heterocycles. The average Bonchev–Trinajstić information content (AvgIpc) is 2.97. The van der Waals surface area contributed by atoms with Crippen LogP contribution in [0, 0.1) is 6.92 Å². The van der Waals surface area contributed by atoms with Crippen molar-refractivity contribution >= 4 is 23.2 Å². The highest BCUT2D eigenvalue weighted by Crippen LogP contribution is 2.38. The summed E-state index contributed by atoms with van der Waals surface area (Å²) in [6.07, 6.45) is 1.67. The standard InChI is InChI=1S/C29H30N4O6/c1-17-7-9-20(31-28(34)19-14-25(37-4)27(39-6)26(15-19)38-5)16-22(17)33-29-30-12-11-21(32-29)18-8-10-23(35-2)24(13-18)36-3/h7-16H,1-6H3,(H,31,34)(H,30,32,33). The van der Waals surface area contributed by atoms with Crippen LogP contribution in [0.15, 0.2) is 60.8 Å². The zero-order chi connectivity index (χ0) is 27.9. The fourth-order valence-electron chi connectivity index (χ4n) is 3.95. The summed E-state index contributed by atoms with van der Waals surface area (Å²) in [6.45, 7) is 1.95. The van der Waals surface area contributed by atoms with E-state index in [2.05, 4.69) is 20.6 Å². The number of anilines is 3. The highest BCUT2D eigenvalue weighted by molar-refractivity contribution is 6.05. The number of rotatable bonds is 10. The van der Waals surface area contributed by atoms with E-state index in [0.29, 0.717) is 51.6 Å². The highest BCUT2D eigenvalue weighted by atomic mass is 16.5. The average molecular weight is 531 g/mol. The molecule has 0 aliphatic heterocycles. The van der Waals surface area contributed by atoms with Crippen LogP contribution in [0.25, 0.3) is 11.3 Å². The predicted octanol–water partition coefficient (Wildman–Crippen LogP) is 5.49. The van der Waals surface area contributed by atoms with Crippen molar-refractivity contribution in [3.8, 4) is 40.0 Å². The molecule has 1 heterocycles. The smallest absolute Gasteiger partial charge is 0.255 e. The number of aromatic nitrogens is 2. The first-order valence-corrected chi connectivity index (χ1v) is 11.9. The lowest BCUT2D eigenvalue weighted by Gasteiger charge is -2.15. The summed E-state index contributed by atoms with van der Waals surface area (Å²) in [4.78, 5) is 22.1. The monoisotopic (exact) mass is 530 g/mol. The molecule has 39 heavy (non-hydrogen) atoms. The molecule has 0 unspecified atom stereocenters. The van der Waals surface area contributed by atoms with E-state index in [4.69, 9.17) is 23.7 Å². The van der Waals surface area contributed by atoms with E-state index in [9.17, 15) is 4.79 Å². The number of nitrogens with zero attached hydrogens (tertiary/aromatic N) is 2. The van der Waals surface area contributed by atoms with Crippen LogP contribution in [0.1, 0.15) is 15.9 Å². The van der Waals surface area contributed by atoms with Gasteiger partial charge in [0.1, 0.15) is 0 Å². The molecule has 0 radical (unpaired) electrons. The van der Waals surface area contributed by atoms with Crippen LogP contribution in [0.3, 0.4) is 0 Å². The lowest BCUT2D eigenvalue weighted by molar-refractivity contribution is 0.102. The number of carbonyl (C=O) groups excluding carboxylic acids is 1. The zero-order valence-electron chi connectivity index (χ0n) is 22.6. The maximum absolute atomic E-state index is 13.1. The topological polar surface area (TPSA) is 113 Å². The molecule has 3 aromatic carbocycles. The SMILES string of the molecule is COc1ccc(-c2ccnc(Nc3cc(NC(=O)c4cc(OC)c(OC)c(OC)c4)ccc3C)n2)cc1OC. The van der Waals surface area contributed by atoms with Gasteiger partial charge in [0, 0.05) is 28.7 Å². The Kier molecular flexibility index (Phi) is 8.35. The molecule has 0 saturated heterocycles. The predicted molar refractivity (Wildman–Crippen MR) is 149 cm³/mol. The highest BCUT2D eigenvalue weighted by Gasteiger charge is 2.17. The number of benzene rings is 3. The number of aryl methyl sites for hydroxylation is 1. The minimum atomic E-state index is -0.337. The van der Waals surface area contributed by atoms with Gasteiger partial charge in [-0.2, -0.15) is 0 Å². The summed E-state index contributed by atoms with van der Waals surface area (Å²) >= 11 is 0. The zero-order valence-corrected chi connectivity index (χ0v) is 22.6. The summed E-state index contributed by atoms with van der Waals surface area (Å²) in [7, 11) is 7.69. The number of carbonyl (C=O) groups is 1. The molecule has 0 saturated carbocycles. The summed E-state index contributed by atoms with van der Waals surface area (Å²) in [5.41, 5.74) is 4.17. The maximum Gasteiger partial charge on any atom is 0.255 e. The number of amides is 1. The van der Waals surface area contributed by atoms with Gasteiger partial charge in [0.15, 0.2) is 23.0 Å². The summed E-state index contributed by atoms with van der Waals surface area (Å²) < 4.78 is 26.8. The Morgan fingerprint density at radius 1 is 0.744 bits per heavy atom. The minimum Gasteiger partial charge on any atom is -0.493 e. The van der Waals surface area contributed by atoms with Gasteiger partial charge in [-0.15, -0.1) is 0 Å². The Bertz CT molecular complexity index is 1470. The second-order valence-corrected chi connectivity index (χ2v) is 8.36. The van der Waals surface area contributed by atoms with E-state index < -0.39 is 0 Å². The van der Waals surface area contributed by atoms with Crippen molar-refractivity contribution in [2.75, 3.05) is 46.2 Å². The van der Waals surface area contributed by atoms with E-state index >= 15 is 0 Å². The lowest BCUT2D eigenvalue weighted by atomic mass is 10.1. The maximum atomic E-state index is 13.1. The van der Waals surface area contributed by atoms with Gasteiger partial charge in [0.2, 0.25) is 11.7 Å². The molecule has 0 bridgehead atoms.